The van der Waals surface area contributed by atoms with E-state index < -0.39 is 10.9 Å². The molecule has 0 amide bonds. The Morgan fingerprint density at radius 3 is 2.57 bits per heavy atom. The molecule has 1 aromatic carbocycles. The van der Waals surface area contributed by atoms with E-state index in [1.54, 1.807) is 0 Å². The number of anilines is 1. The molecule has 1 saturated heterocycles. The Morgan fingerprint density at radius 2 is 2.05 bits per heavy atom. The lowest BCUT2D eigenvalue weighted by Gasteiger charge is -2.46. The van der Waals surface area contributed by atoms with E-state index in [-0.39, 0.29) is 16.8 Å². The number of carboxylic acids is 1. The highest BCUT2D eigenvalue weighted by Crippen LogP contribution is 2.29. The zero-order valence-electron chi connectivity index (χ0n) is 12.4. The van der Waals surface area contributed by atoms with E-state index in [9.17, 15) is 20.0 Å². The van der Waals surface area contributed by atoms with Crippen molar-refractivity contribution in [3.8, 4) is 0 Å². The van der Waals surface area contributed by atoms with E-state index in [0.29, 0.717) is 18.8 Å². The first-order valence-electron chi connectivity index (χ1n) is 6.70. The third-order valence-electron chi connectivity index (χ3n) is 4.08. The molecule has 0 saturated carbocycles. The fourth-order valence-corrected chi connectivity index (χ4v) is 2.53. The molecular formula is C14H19N3O4. The van der Waals surface area contributed by atoms with Gasteiger partial charge in [-0.05, 0) is 27.0 Å². The largest absolute Gasteiger partial charge is 0.478 e. The van der Waals surface area contributed by atoms with Gasteiger partial charge >= 0.3 is 5.97 Å². The van der Waals surface area contributed by atoms with Crippen molar-refractivity contribution < 1.29 is 14.8 Å². The quantitative estimate of drug-likeness (QED) is 0.675. The summed E-state index contributed by atoms with van der Waals surface area (Å²) in [4.78, 5) is 25.8. The van der Waals surface area contributed by atoms with Gasteiger partial charge in [0.25, 0.3) is 5.69 Å². The molecule has 2 rings (SSSR count). The Morgan fingerprint density at radius 1 is 1.38 bits per heavy atom. The third-order valence-corrected chi connectivity index (χ3v) is 4.08. The smallest absolute Gasteiger partial charge is 0.338 e. The molecule has 0 atom stereocenters. The number of piperazine rings is 1. The van der Waals surface area contributed by atoms with Crippen LogP contribution in [0.25, 0.3) is 0 Å². The van der Waals surface area contributed by atoms with Crippen LogP contribution in [0, 0.1) is 10.1 Å². The van der Waals surface area contributed by atoms with Crippen molar-refractivity contribution in [1.82, 2.24) is 4.90 Å². The number of hydrogen-bond donors (Lipinski definition) is 1. The minimum atomic E-state index is -1.15. The topological polar surface area (TPSA) is 86.9 Å². The summed E-state index contributed by atoms with van der Waals surface area (Å²) in [5.41, 5.74) is 0.221. The van der Waals surface area contributed by atoms with Crippen LogP contribution in [0.3, 0.4) is 0 Å². The summed E-state index contributed by atoms with van der Waals surface area (Å²) >= 11 is 0. The first-order chi connectivity index (χ1) is 9.72. The zero-order chi connectivity index (χ0) is 15.8. The number of hydrogen-bond acceptors (Lipinski definition) is 5. The van der Waals surface area contributed by atoms with Gasteiger partial charge in [-0.3, -0.25) is 15.0 Å². The normalized spacial score (nSPS) is 18.5. The maximum Gasteiger partial charge on any atom is 0.338 e. The van der Waals surface area contributed by atoms with E-state index >= 15 is 0 Å². The van der Waals surface area contributed by atoms with Gasteiger partial charge in [-0.1, -0.05) is 0 Å². The summed E-state index contributed by atoms with van der Waals surface area (Å²) < 4.78 is 0. The number of non-ortho nitro benzene ring substituents is 1. The second-order valence-electron chi connectivity index (χ2n) is 5.92. The number of benzene rings is 1. The van der Waals surface area contributed by atoms with Gasteiger partial charge in [0.05, 0.1) is 16.2 Å². The van der Waals surface area contributed by atoms with Gasteiger partial charge in [0.15, 0.2) is 0 Å². The highest BCUT2D eigenvalue weighted by Gasteiger charge is 2.32. The van der Waals surface area contributed by atoms with Gasteiger partial charge in [0.1, 0.15) is 0 Å². The summed E-state index contributed by atoms with van der Waals surface area (Å²) in [5, 5.41) is 20.1. The van der Waals surface area contributed by atoms with Gasteiger partial charge in [-0.15, -0.1) is 0 Å². The average Bonchev–Trinajstić information content (AvgIpc) is 2.41. The molecule has 0 aromatic heterocycles. The molecule has 1 aliphatic rings. The SMILES string of the molecule is CN1CCN(c2ccc([N+](=O)[O-])cc2C(=O)O)CC1(C)C. The zero-order valence-corrected chi connectivity index (χ0v) is 12.4. The minimum absolute atomic E-state index is 0.0236. The Balaban J connectivity index is 2.40. The number of nitro benzene ring substituents is 1. The van der Waals surface area contributed by atoms with Crippen molar-refractivity contribution in [2.75, 3.05) is 31.6 Å². The van der Waals surface area contributed by atoms with Gasteiger partial charge in [-0.25, -0.2) is 4.79 Å². The van der Waals surface area contributed by atoms with E-state index in [4.69, 9.17) is 0 Å². The first kappa shape index (κ1) is 15.2. The molecule has 21 heavy (non-hydrogen) atoms. The number of nitrogens with zero attached hydrogens (tertiary/aromatic N) is 3. The molecule has 0 radical (unpaired) electrons. The molecular weight excluding hydrogens is 274 g/mol. The van der Waals surface area contributed by atoms with Crippen molar-refractivity contribution in [3.63, 3.8) is 0 Å². The molecule has 1 aromatic rings. The summed E-state index contributed by atoms with van der Waals surface area (Å²) in [7, 11) is 2.03. The maximum absolute atomic E-state index is 11.4. The molecule has 0 bridgehead atoms. The summed E-state index contributed by atoms with van der Waals surface area (Å²) in [6.07, 6.45) is 0. The molecule has 7 heteroatoms. The standard InChI is InChI=1S/C14H19N3O4/c1-14(2)9-16(7-6-15(14)3)12-5-4-10(17(20)21)8-11(12)13(18)19/h4-5,8H,6-7,9H2,1-3H3,(H,18,19). The summed E-state index contributed by atoms with van der Waals surface area (Å²) in [6.45, 7) is 6.35. The Hall–Kier alpha value is -2.15. The molecule has 0 aliphatic carbocycles. The molecule has 114 valence electrons. The van der Waals surface area contributed by atoms with Crippen LogP contribution >= 0.6 is 0 Å². The van der Waals surface area contributed by atoms with E-state index in [1.165, 1.54) is 12.1 Å². The highest BCUT2D eigenvalue weighted by atomic mass is 16.6. The molecule has 1 fully saturated rings. The Labute approximate surface area is 122 Å². The minimum Gasteiger partial charge on any atom is -0.478 e. The van der Waals surface area contributed by atoms with E-state index in [0.717, 1.165) is 12.6 Å². The fraction of sp³-hybridized carbons (Fsp3) is 0.500. The van der Waals surface area contributed by atoms with Crippen LogP contribution < -0.4 is 4.90 Å². The second-order valence-corrected chi connectivity index (χ2v) is 5.92. The summed E-state index contributed by atoms with van der Waals surface area (Å²) in [6, 6.07) is 4.01. The van der Waals surface area contributed by atoms with Crippen LogP contribution in [0.15, 0.2) is 18.2 Å². The fourth-order valence-electron chi connectivity index (χ4n) is 2.53. The Bertz CT molecular complexity index is 586. The van der Waals surface area contributed by atoms with Crippen molar-refractivity contribution in [3.05, 3.63) is 33.9 Å². The molecule has 7 nitrogen and oxygen atoms in total. The van der Waals surface area contributed by atoms with Crippen LogP contribution in [0.1, 0.15) is 24.2 Å². The van der Waals surface area contributed by atoms with E-state index in [1.807, 2.05) is 11.9 Å². The maximum atomic E-state index is 11.4. The number of carboxylic acid groups (broad SMARTS) is 1. The number of likely N-dealkylation sites (N-methyl/N-ethyl adjacent to an activating group) is 1. The van der Waals surface area contributed by atoms with Crippen molar-refractivity contribution in [2.24, 2.45) is 0 Å². The van der Waals surface area contributed by atoms with Gasteiger partial charge in [0, 0.05) is 37.3 Å². The van der Waals surface area contributed by atoms with Crippen molar-refractivity contribution >= 4 is 17.3 Å². The third kappa shape index (κ3) is 2.97. The average molecular weight is 293 g/mol. The lowest BCUT2D eigenvalue weighted by molar-refractivity contribution is -0.384. The van der Waals surface area contributed by atoms with Crippen LogP contribution in [-0.4, -0.2) is 53.1 Å². The van der Waals surface area contributed by atoms with Gasteiger partial charge in [0.2, 0.25) is 0 Å². The lowest BCUT2D eigenvalue weighted by Crippen LogP contribution is -2.57. The molecule has 0 spiro atoms. The molecule has 0 unspecified atom stereocenters. The predicted molar refractivity (Wildman–Crippen MR) is 79.0 cm³/mol. The van der Waals surface area contributed by atoms with Crippen LogP contribution in [-0.2, 0) is 0 Å². The lowest BCUT2D eigenvalue weighted by atomic mass is 9.98. The number of rotatable bonds is 3. The van der Waals surface area contributed by atoms with Crippen LogP contribution in [0.4, 0.5) is 11.4 Å². The van der Waals surface area contributed by atoms with Crippen LogP contribution in [0.2, 0.25) is 0 Å². The van der Waals surface area contributed by atoms with E-state index in [2.05, 4.69) is 18.7 Å². The molecule has 1 aliphatic heterocycles. The number of nitro groups is 1. The van der Waals surface area contributed by atoms with Gasteiger partial charge < -0.3 is 10.0 Å². The monoisotopic (exact) mass is 293 g/mol. The highest BCUT2D eigenvalue weighted by molar-refractivity contribution is 5.95. The second kappa shape index (κ2) is 5.33. The van der Waals surface area contributed by atoms with Crippen molar-refractivity contribution in [2.45, 2.75) is 19.4 Å². The molecule has 1 N–H and O–H groups in total. The number of carbonyl (C=O) groups is 1. The Kier molecular flexibility index (Phi) is 3.87. The first-order valence-corrected chi connectivity index (χ1v) is 6.70. The molecule has 1 heterocycles. The number of aromatic carboxylic acids is 1. The van der Waals surface area contributed by atoms with Crippen molar-refractivity contribution in [1.29, 1.82) is 0 Å². The van der Waals surface area contributed by atoms with Gasteiger partial charge in [-0.2, -0.15) is 0 Å². The predicted octanol–water partition coefficient (Wildman–Crippen LogP) is 1.82. The summed E-state index contributed by atoms with van der Waals surface area (Å²) in [5.74, 6) is -1.15. The van der Waals surface area contributed by atoms with Crippen LogP contribution in [0.5, 0.6) is 0 Å².